The number of methoxy groups -OCH3 is 1. The van der Waals surface area contributed by atoms with E-state index < -0.39 is 18.2 Å². The molecule has 1 fully saturated rings. The highest BCUT2D eigenvalue weighted by Gasteiger charge is 2.42. The van der Waals surface area contributed by atoms with Crippen LogP contribution in [0.3, 0.4) is 0 Å². The molecule has 0 aromatic heterocycles. The first-order chi connectivity index (χ1) is 17.3. The van der Waals surface area contributed by atoms with Crippen molar-refractivity contribution in [3.05, 3.63) is 76.2 Å². The van der Waals surface area contributed by atoms with Gasteiger partial charge in [0, 0.05) is 6.42 Å². The lowest BCUT2D eigenvalue weighted by Gasteiger charge is -2.36. The van der Waals surface area contributed by atoms with Gasteiger partial charge < -0.3 is 18.9 Å². The Kier molecular flexibility index (Phi) is 7.44. The molecule has 1 aliphatic carbocycles. The summed E-state index contributed by atoms with van der Waals surface area (Å²) in [6.45, 7) is 5.94. The number of ether oxygens (including phenoxy) is 4. The highest BCUT2D eigenvalue weighted by atomic mass is 16.6. The highest BCUT2D eigenvalue weighted by Crippen LogP contribution is 2.36. The zero-order valence-electron chi connectivity index (χ0n) is 20.9. The molecular formula is C29H29NO6. The maximum absolute atomic E-state index is 13.1. The van der Waals surface area contributed by atoms with Gasteiger partial charge in [-0.2, -0.15) is 5.26 Å². The number of benzene rings is 2. The standard InChI is InChI=1S/C29H29NO6/c1-17-11-18(2)19(3)25(12-17)36-27-16-34-26-14-23(9-10-24(26)28(27)31)35-29(32)21(15-30)13-20-5-7-22(33-4)8-6-20/h5-8,11-13,16,23-24,26H,9-10,14H2,1-4H3/b21-13+. The van der Waals surface area contributed by atoms with E-state index in [0.717, 1.165) is 16.7 Å². The number of aryl methyl sites for hydroxylation is 2. The third-order valence-corrected chi connectivity index (χ3v) is 6.70. The fourth-order valence-electron chi connectivity index (χ4n) is 4.56. The number of nitriles is 1. The van der Waals surface area contributed by atoms with Gasteiger partial charge in [0.05, 0.1) is 13.0 Å². The number of nitrogens with zero attached hydrogens (tertiary/aromatic N) is 1. The molecule has 2 aromatic carbocycles. The first-order valence-electron chi connectivity index (χ1n) is 11.9. The Hall–Kier alpha value is -4.05. The van der Waals surface area contributed by atoms with Crippen LogP contribution in [0.5, 0.6) is 11.5 Å². The van der Waals surface area contributed by atoms with E-state index in [1.807, 2.05) is 32.9 Å². The predicted octanol–water partition coefficient (Wildman–Crippen LogP) is 5.13. The Morgan fingerprint density at radius 2 is 1.89 bits per heavy atom. The van der Waals surface area contributed by atoms with Crippen LogP contribution in [0.25, 0.3) is 6.08 Å². The van der Waals surface area contributed by atoms with Gasteiger partial charge in [0.15, 0.2) is 0 Å². The van der Waals surface area contributed by atoms with E-state index in [2.05, 4.69) is 6.07 Å². The fraction of sp³-hybridized carbons (Fsp3) is 0.345. The van der Waals surface area contributed by atoms with Gasteiger partial charge in [-0.1, -0.05) is 18.2 Å². The minimum absolute atomic E-state index is 0.0951. The van der Waals surface area contributed by atoms with Crippen molar-refractivity contribution in [3.63, 3.8) is 0 Å². The highest BCUT2D eigenvalue weighted by molar-refractivity contribution is 5.98. The van der Waals surface area contributed by atoms with Gasteiger partial charge in [0.2, 0.25) is 11.5 Å². The summed E-state index contributed by atoms with van der Waals surface area (Å²) in [5.74, 6) is 0.351. The number of rotatable bonds is 6. The number of esters is 1. The van der Waals surface area contributed by atoms with Crippen LogP contribution in [-0.2, 0) is 19.1 Å². The second-order valence-electron chi connectivity index (χ2n) is 9.22. The second-order valence-corrected chi connectivity index (χ2v) is 9.22. The van der Waals surface area contributed by atoms with Crippen LogP contribution < -0.4 is 9.47 Å². The van der Waals surface area contributed by atoms with Gasteiger partial charge in [-0.15, -0.1) is 0 Å². The average Bonchev–Trinajstić information content (AvgIpc) is 2.87. The van der Waals surface area contributed by atoms with Crippen LogP contribution in [0.2, 0.25) is 0 Å². The number of carbonyl (C=O) groups is 2. The molecule has 0 N–H and O–H groups in total. The van der Waals surface area contributed by atoms with Crippen LogP contribution in [0.15, 0.2) is 54.0 Å². The van der Waals surface area contributed by atoms with Crippen molar-refractivity contribution in [3.8, 4) is 17.6 Å². The van der Waals surface area contributed by atoms with Crippen LogP contribution in [0.1, 0.15) is 41.5 Å². The first kappa shape index (κ1) is 25.1. The summed E-state index contributed by atoms with van der Waals surface area (Å²) in [6, 6.07) is 12.9. The number of fused-ring (bicyclic) bond motifs is 1. The maximum Gasteiger partial charge on any atom is 0.349 e. The van der Waals surface area contributed by atoms with Gasteiger partial charge in [0.25, 0.3) is 0 Å². The number of hydrogen-bond donors (Lipinski definition) is 0. The van der Waals surface area contributed by atoms with Crippen LogP contribution in [-0.4, -0.2) is 31.1 Å². The molecule has 0 amide bonds. The third-order valence-electron chi connectivity index (χ3n) is 6.70. The number of ketones is 1. The smallest absolute Gasteiger partial charge is 0.349 e. The minimum Gasteiger partial charge on any atom is -0.497 e. The van der Waals surface area contributed by atoms with Gasteiger partial charge >= 0.3 is 5.97 Å². The fourth-order valence-corrected chi connectivity index (χ4v) is 4.56. The summed E-state index contributed by atoms with van der Waals surface area (Å²) in [7, 11) is 1.57. The Bertz CT molecular complexity index is 1270. The molecule has 7 nitrogen and oxygen atoms in total. The lowest BCUT2D eigenvalue weighted by Crippen LogP contribution is -2.43. The van der Waals surface area contributed by atoms with E-state index >= 15 is 0 Å². The molecule has 3 atom stereocenters. The molecule has 2 aromatic rings. The molecule has 0 bridgehead atoms. The Labute approximate surface area is 210 Å². The molecule has 36 heavy (non-hydrogen) atoms. The molecule has 1 saturated carbocycles. The third kappa shape index (κ3) is 5.44. The summed E-state index contributed by atoms with van der Waals surface area (Å²) in [5.41, 5.74) is 3.71. The maximum atomic E-state index is 13.1. The van der Waals surface area contributed by atoms with E-state index in [0.29, 0.717) is 36.3 Å². The van der Waals surface area contributed by atoms with Crippen LogP contribution in [0, 0.1) is 38.0 Å². The molecule has 0 saturated heterocycles. The van der Waals surface area contributed by atoms with Crippen molar-refractivity contribution in [1.29, 1.82) is 5.26 Å². The quantitative estimate of drug-likeness (QED) is 0.317. The van der Waals surface area contributed by atoms with Gasteiger partial charge in [0.1, 0.15) is 41.6 Å². The van der Waals surface area contributed by atoms with Crippen molar-refractivity contribution < 1.29 is 28.5 Å². The molecule has 7 heteroatoms. The number of hydrogen-bond acceptors (Lipinski definition) is 7. The normalized spacial score (nSPS) is 21.4. The molecule has 1 heterocycles. The van der Waals surface area contributed by atoms with Crippen molar-refractivity contribution in [2.75, 3.05) is 7.11 Å². The summed E-state index contributed by atoms with van der Waals surface area (Å²) >= 11 is 0. The van der Waals surface area contributed by atoms with E-state index in [9.17, 15) is 14.9 Å². The molecular weight excluding hydrogens is 458 g/mol. The molecule has 4 rings (SSSR count). The van der Waals surface area contributed by atoms with E-state index in [-0.39, 0.29) is 23.0 Å². The lowest BCUT2D eigenvalue weighted by atomic mass is 9.80. The van der Waals surface area contributed by atoms with Crippen LogP contribution in [0.4, 0.5) is 0 Å². The largest absolute Gasteiger partial charge is 0.497 e. The summed E-state index contributed by atoms with van der Waals surface area (Å²) in [5, 5.41) is 9.48. The minimum atomic E-state index is -0.691. The van der Waals surface area contributed by atoms with E-state index in [1.165, 1.54) is 12.3 Å². The Balaban J connectivity index is 1.40. The van der Waals surface area contributed by atoms with Crippen molar-refractivity contribution in [2.24, 2.45) is 5.92 Å². The molecule has 2 aliphatic rings. The van der Waals surface area contributed by atoms with Gasteiger partial charge in [-0.05, 0) is 80.1 Å². The summed E-state index contributed by atoms with van der Waals surface area (Å²) in [4.78, 5) is 25.8. The van der Waals surface area contributed by atoms with E-state index in [1.54, 1.807) is 31.4 Å². The Morgan fingerprint density at radius 3 is 2.58 bits per heavy atom. The average molecular weight is 488 g/mol. The van der Waals surface area contributed by atoms with Crippen LogP contribution >= 0.6 is 0 Å². The molecule has 1 aliphatic heterocycles. The SMILES string of the molecule is COc1ccc(/C=C(\C#N)C(=O)OC2CCC3C(=O)C(Oc4cc(C)cc(C)c4C)=COC3C2)cc1. The van der Waals surface area contributed by atoms with Gasteiger partial charge in [-0.3, -0.25) is 4.79 Å². The molecule has 0 radical (unpaired) electrons. The Morgan fingerprint density at radius 1 is 1.14 bits per heavy atom. The van der Waals surface area contributed by atoms with Crippen molar-refractivity contribution >= 4 is 17.8 Å². The number of allylic oxidation sites excluding steroid dienone is 1. The zero-order valence-corrected chi connectivity index (χ0v) is 20.9. The summed E-state index contributed by atoms with van der Waals surface area (Å²) in [6.07, 6.45) is 3.36. The zero-order chi connectivity index (χ0) is 25.8. The van der Waals surface area contributed by atoms with Crippen molar-refractivity contribution in [2.45, 2.75) is 52.2 Å². The predicted molar refractivity (Wildman–Crippen MR) is 133 cm³/mol. The monoisotopic (exact) mass is 487 g/mol. The number of carbonyl (C=O) groups excluding carboxylic acids is 2. The number of Topliss-reactive ketones (excluding diaryl/α,β-unsaturated/α-hetero) is 1. The topological polar surface area (TPSA) is 94.8 Å². The van der Waals surface area contributed by atoms with Crippen molar-refractivity contribution in [1.82, 2.24) is 0 Å². The molecule has 3 unspecified atom stereocenters. The first-order valence-corrected chi connectivity index (χ1v) is 11.9. The molecule has 186 valence electrons. The summed E-state index contributed by atoms with van der Waals surface area (Å²) < 4.78 is 22.6. The second kappa shape index (κ2) is 10.7. The van der Waals surface area contributed by atoms with E-state index in [4.69, 9.17) is 18.9 Å². The molecule has 0 spiro atoms. The van der Waals surface area contributed by atoms with Gasteiger partial charge in [-0.25, -0.2) is 4.79 Å². The lowest BCUT2D eigenvalue weighted by molar-refractivity contribution is -0.150.